The van der Waals surface area contributed by atoms with Crippen LogP contribution in [-0.4, -0.2) is 38.4 Å². The number of carbonyl (C=O) groups is 1. The summed E-state index contributed by atoms with van der Waals surface area (Å²) in [5.41, 5.74) is 3.33. The first-order chi connectivity index (χ1) is 12.1. The number of amides is 1. The Bertz CT molecular complexity index is 724. The van der Waals surface area contributed by atoms with Crippen LogP contribution in [0.15, 0.2) is 23.4 Å². The van der Waals surface area contributed by atoms with Gasteiger partial charge in [-0.05, 0) is 66.3 Å². The normalized spacial score (nSPS) is 15.3. The lowest BCUT2D eigenvalue weighted by atomic mass is 9.89. The van der Waals surface area contributed by atoms with Crippen LogP contribution in [0.1, 0.15) is 43.2 Å². The molecule has 0 unspecified atom stereocenters. The molecule has 0 bridgehead atoms. The summed E-state index contributed by atoms with van der Waals surface area (Å²) in [6.45, 7) is 4.93. The molecule has 1 fully saturated rings. The smallest absolute Gasteiger partial charge is 0.230 e. The quantitative estimate of drug-likeness (QED) is 0.803. The molecule has 0 aliphatic heterocycles. The van der Waals surface area contributed by atoms with E-state index in [2.05, 4.69) is 46.8 Å². The van der Waals surface area contributed by atoms with Crippen molar-refractivity contribution in [1.82, 2.24) is 25.5 Å². The molecule has 1 aliphatic rings. The van der Waals surface area contributed by atoms with Crippen molar-refractivity contribution in [1.29, 1.82) is 0 Å². The van der Waals surface area contributed by atoms with Gasteiger partial charge in [0.05, 0.1) is 11.4 Å². The monoisotopic (exact) mass is 359 g/mol. The van der Waals surface area contributed by atoms with Crippen LogP contribution in [0, 0.1) is 19.8 Å². The van der Waals surface area contributed by atoms with Crippen molar-refractivity contribution in [2.75, 3.05) is 12.3 Å². The average Bonchev–Trinajstić information content (AvgIpc) is 3.10. The molecule has 1 aliphatic carbocycles. The highest BCUT2D eigenvalue weighted by atomic mass is 32.2. The fourth-order valence-electron chi connectivity index (χ4n) is 3.12. The van der Waals surface area contributed by atoms with E-state index in [1.807, 2.05) is 6.07 Å². The molecular formula is C18H25N5OS. The summed E-state index contributed by atoms with van der Waals surface area (Å²) in [5.74, 6) is 1.02. The maximum Gasteiger partial charge on any atom is 0.230 e. The topological polar surface area (TPSA) is 72.7 Å². The Morgan fingerprint density at radius 2 is 2.04 bits per heavy atom. The van der Waals surface area contributed by atoms with Gasteiger partial charge in [-0.25, -0.2) is 0 Å². The number of aromatic nitrogens is 4. The molecule has 0 atom stereocenters. The zero-order valence-electron chi connectivity index (χ0n) is 14.9. The van der Waals surface area contributed by atoms with Crippen molar-refractivity contribution in [2.45, 2.75) is 51.1 Å². The molecule has 7 heteroatoms. The molecule has 3 rings (SSSR count). The Balaban J connectivity index is 1.54. The summed E-state index contributed by atoms with van der Waals surface area (Å²) >= 11 is 1.37. The molecule has 1 aromatic heterocycles. The van der Waals surface area contributed by atoms with Crippen LogP contribution in [0.4, 0.5) is 0 Å². The standard InChI is InChI=1S/C18H25N5OS/c1-13-8-9-16(10-14(13)2)23-18(20-21-22-23)25-12-17(24)19-11-15-6-4-3-5-7-15/h8-10,15H,3-7,11-12H2,1-2H3,(H,19,24). The van der Waals surface area contributed by atoms with Crippen LogP contribution in [-0.2, 0) is 4.79 Å². The minimum Gasteiger partial charge on any atom is -0.355 e. The van der Waals surface area contributed by atoms with E-state index >= 15 is 0 Å². The van der Waals surface area contributed by atoms with Crippen molar-refractivity contribution >= 4 is 17.7 Å². The van der Waals surface area contributed by atoms with Crippen LogP contribution in [0.3, 0.4) is 0 Å². The zero-order valence-corrected chi connectivity index (χ0v) is 15.7. The van der Waals surface area contributed by atoms with E-state index in [0.717, 1.165) is 12.2 Å². The lowest BCUT2D eigenvalue weighted by molar-refractivity contribution is -0.118. The van der Waals surface area contributed by atoms with Gasteiger partial charge < -0.3 is 5.32 Å². The fraction of sp³-hybridized carbons (Fsp3) is 0.556. The van der Waals surface area contributed by atoms with Gasteiger partial charge >= 0.3 is 0 Å². The van der Waals surface area contributed by atoms with E-state index in [0.29, 0.717) is 16.8 Å². The zero-order chi connectivity index (χ0) is 17.6. The van der Waals surface area contributed by atoms with Crippen molar-refractivity contribution in [3.63, 3.8) is 0 Å². The first kappa shape index (κ1) is 17.9. The summed E-state index contributed by atoms with van der Waals surface area (Å²) in [6, 6.07) is 6.10. The molecule has 25 heavy (non-hydrogen) atoms. The maximum absolute atomic E-state index is 12.1. The van der Waals surface area contributed by atoms with Crippen molar-refractivity contribution in [2.24, 2.45) is 5.92 Å². The summed E-state index contributed by atoms with van der Waals surface area (Å²) in [6.07, 6.45) is 6.39. The van der Waals surface area contributed by atoms with Crippen molar-refractivity contribution < 1.29 is 4.79 Å². The molecule has 1 amide bonds. The number of hydrogen-bond donors (Lipinski definition) is 1. The molecule has 1 saturated carbocycles. The number of carbonyl (C=O) groups excluding carboxylic acids is 1. The van der Waals surface area contributed by atoms with E-state index in [4.69, 9.17) is 0 Å². The van der Waals surface area contributed by atoms with Crippen LogP contribution >= 0.6 is 11.8 Å². The highest BCUT2D eigenvalue weighted by molar-refractivity contribution is 7.99. The molecule has 1 N–H and O–H groups in total. The van der Waals surface area contributed by atoms with E-state index in [1.54, 1.807) is 4.68 Å². The summed E-state index contributed by atoms with van der Waals surface area (Å²) < 4.78 is 1.69. The third-order valence-electron chi connectivity index (χ3n) is 4.82. The Labute approximate surface area is 152 Å². The SMILES string of the molecule is Cc1ccc(-n2nnnc2SCC(=O)NCC2CCCCC2)cc1C. The second kappa shape index (κ2) is 8.47. The number of thioether (sulfide) groups is 1. The predicted molar refractivity (Wildman–Crippen MR) is 98.9 cm³/mol. The molecule has 0 radical (unpaired) electrons. The van der Waals surface area contributed by atoms with Crippen molar-refractivity contribution in [3.8, 4) is 5.69 Å². The number of tetrazole rings is 1. The van der Waals surface area contributed by atoms with Gasteiger partial charge in [0.25, 0.3) is 0 Å². The molecule has 1 heterocycles. The van der Waals surface area contributed by atoms with E-state index < -0.39 is 0 Å². The first-order valence-corrected chi connectivity index (χ1v) is 9.87. The largest absolute Gasteiger partial charge is 0.355 e. The number of nitrogens with zero attached hydrogens (tertiary/aromatic N) is 4. The Kier molecular flexibility index (Phi) is 6.07. The Morgan fingerprint density at radius 1 is 1.24 bits per heavy atom. The third kappa shape index (κ3) is 4.81. The minimum atomic E-state index is 0.0465. The lowest BCUT2D eigenvalue weighted by Gasteiger charge is -2.21. The number of hydrogen-bond acceptors (Lipinski definition) is 5. The first-order valence-electron chi connectivity index (χ1n) is 8.89. The number of aryl methyl sites for hydroxylation is 2. The number of rotatable bonds is 6. The minimum absolute atomic E-state index is 0.0465. The molecule has 2 aromatic rings. The van der Waals surface area contributed by atoms with E-state index in [-0.39, 0.29) is 5.91 Å². The molecule has 6 nitrogen and oxygen atoms in total. The Hall–Kier alpha value is -1.89. The summed E-state index contributed by atoms with van der Waals surface area (Å²) in [4.78, 5) is 12.1. The lowest BCUT2D eigenvalue weighted by Crippen LogP contribution is -2.31. The number of nitrogens with one attached hydrogen (secondary N) is 1. The predicted octanol–water partition coefficient (Wildman–Crippen LogP) is 3.07. The molecule has 1 aromatic carbocycles. The highest BCUT2D eigenvalue weighted by Gasteiger charge is 2.15. The molecule has 0 saturated heterocycles. The van der Waals surface area contributed by atoms with Crippen molar-refractivity contribution in [3.05, 3.63) is 29.3 Å². The van der Waals surface area contributed by atoms with Crippen LogP contribution < -0.4 is 5.32 Å². The van der Waals surface area contributed by atoms with Gasteiger partial charge in [-0.15, -0.1) is 5.10 Å². The second-order valence-corrected chi connectivity index (χ2v) is 7.68. The van der Waals surface area contributed by atoms with Gasteiger partial charge in [0, 0.05) is 6.54 Å². The van der Waals surface area contributed by atoms with Gasteiger partial charge in [-0.2, -0.15) is 4.68 Å². The fourth-order valence-corrected chi connectivity index (χ4v) is 3.84. The molecule has 134 valence electrons. The summed E-state index contributed by atoms with van der Waals surface area (Å²) in [5, 5.41) is 15.6. The highest BCUT2D eigenvalue weighted by Crippen LogP contribution is 2.23. The van der Waals surface area contributed by atoms with Crippen LogP contribution in [0.5, 0.6) is 0 Å². The van der Waals surface area contributed by atoms with E-state index in [9.17, 15) is 4.79 Å². The average molecular weight is 359 g/mol. The van der Waals surface area contributed by atoms with Gasteiger partial charge in [-0.1, -0.05) is 37.1 Å². The number of benzene rings is 1. The van der Waals surface area contributed by atoms with Gasteiger partial charge in [0.15, 0.2) is 0 Å². The van der Waals surface area contributed by atoms with E-state index in [1.165, 1.54) is 55.0 Å². The van der Waals surface area contributed by atoms with Gasteiger partial charge in [-0.3, -0.25) is 4.79 Å². The molecule has 0 spiro atoms. The van der Waals surface area contributed by atoms with Crippen LogP contribution in [0.2, 0.25) is 0 Å². The second-order valence-electron chi connectivity index (χ2n) is 6.74. The van der Waals surface area contributed by atoms with Gasteiger partial charge in [0.1, 0.15) is 0 Å². The third-order valence-corrected chi connectivity index (χ3v) is 5.74. The summed E-state index contributed by atoms with van der Waals surface area (Å²) in [7, 11) is 0. The van der Waals surface area contributed by atoms with Gasteiger partial charge in [0.2, 0.25) is 11.1 Å². The molecular weight excluding hydrogens is 334 g/mol. The van der Waals surface area contributed by atoms with Crippen LogP contribution in [0.25, 0.3) is 5.69 Å². The Morgan fingerprint density at radius 3 is 2.80 bits per heavy atom. The maximum atomic E-state index is 12.1.